The highest BCUT2D eigenvalue weighted by Crippen LogP contribution is 2.22. The lowest BCUT2D eigenvalue weighted by Crippen LogP contribution is -2.12. The molecule has 72 valence electrons. The van der Waals surface area contributed by atoms with Gasteiger partial charge in [0.15, 0.2) is 0 Å². The fourth-order valence-corrected chi connectivity index (χ4v) is 1.66. The quantitative estimate of drug-likeness (QED) is 0.871. The maximum atomic E-state index is 12.1. The predicted molar refractivity (Wildman–Crippen MR) is 56.4 cm³/mol. The van der Waals surface area contributed by atoms with Crippen molar-refractivity contribution in [3.05, 3.63) is 33.8 Å². The average molecular weight is 246 g/mol. The molecular formula is C10H13BrFN. The first kappa shape index (κ1) is 10.7. The van der Waals surface area contributed by atoms with Gasteiger partial charge >= 0.3 is 0 Å². The summed E-state index contributed by atoms with van der Waals surface area (Å²) >= 11 is 3.37. The first-order valence-electron chi connectivity index (χ1n) is 4.22. The van der Waals surface area contributed by atoms with Gasteiger partial charge in [0.1, 0.15) is 0 Å². The number of nitrogens with two attached hydrogens (primary N) is 1. The Balaban J connectivity index is 2.91. The third-order valence-electron chi connectivity index (χ3n) is 2.06. The van der Waals surface area contributed by atoms with Crippen LogP contribution < -0.4 is 5.73 Å². The van der Waals surface area contributed by atoms with Crippen LogP contribution in [0.4, 0.5) is 4.39 Å². The second-order valence-corrected chi connectivity index (χ2v) is 4.00. The maximum Gasteiger partial charge on any atom is 0.0912 e. The molecule has 0 saturated heterocycles. The molecule has 1 nitrogen and oxygen atoms in total. The van der Waals surface area contributed by atoms with E-state index in [0.29, 0.717) is 6.42 Å². The highest BCUT2D eigenvalue weighted by atomic mass is 79.9. The molecule has 1 atom stereocenters. The zero-order valence-corrected chi connectivity index (χ0v) is 9.14. The molecule has 0 aliphatic carbocycles. The van der Waals surface area contributed by atoms with Gasteiger partial charge in [-0.1, -0.05) is 22.0 Å². The van der Waals surface area contributed by atoms with Crippen molar-refractivity contribution >= 4 is 15.9 Å². The lowest BCUT2D eigenvalue weighted by atomic mass is 10.0. The van der Waals surface area contributed by atoms with E-state index in [9.17, 15) is 4.39 Å². The van der Waals surface area contributed by atoms with Crippen LogP contribution in [0.25, 0.3) is 0 Å². The average Bonchev–Trinajstić information content (AvgIpc) is 2.09. The van der Waals surface area contributed by atoms with Crippen LogP contribution in [0.5, 0.6) is 0 Å². The number of benzene rings is 1. The van der Waals surface area contributed by atoms with Crippen molar-refractivity contribution in [1.82, 2.24) is 0 Å². The standard InChI is InChI=1S/C10H13BrFN/c1-7-2-3-8(11)6-9(7)10(13)4-5-12/h2-3,6,10H,4-5,13H2,1H3/t10-/m1/s1. The Labute approximate surface area is 86.3 Å². The van der Waals surface area contributed by atoms with Gasteiger partial charge in [-0.05, 0) is 36.6 Å². The fraction of sp³-hybridized carbons (Fsp3) is 0.400. The van der Waals surface area contributed by atoms with Crippen LogP contribution >= 0.6 is 15.9 Å². The molecule has 3 heteroatoms. The molecule has 0 heterocycles. The van der Waals surface area contributed by atoms with Crippen LogP contribution in [0.2, 0.25) is 0 Å². The third-order valence-corrected chi connectivity index (χ3v) is 2.55. The zero-order valence-electron chi connectivity index (χ0n) is 7.56. The first-order valence-corrected chi connectivity index (χ1v) is 5.02. The summed E-state index contributed by atoms with van der Waals surface area (Å²) in [4.78, 5) is 0. The van der Waals surface area contributed by atoms with E-state index in [1.165, 1.54) is 0 Å². The van der Waals surface area contributed by atoms with Gasteiger partial charge in [0.2, 0.25) is 0 Å². The number of rotatable bonds is 3. The third kappa shape index (κ3) is 2.78. The van der Waals surface area contributed by atoms with Gasteiger partial charge in [-0.2, -0.15) is 0 Å². The first-order chi connectivity index (χ1) is 6.15. The number of halogens is 2. The largest absolute Gasteiger partial charge is 0.324 e. The van der Waals surface area contributed by atoms with Gasteiger partial charge < -0.3 is 5.73 Å². The molecule has 1 rings (SSSR count). The van der Waals surface area contributed by atoms with Gasteiger partial charge in [0.25, 0.3) is 0 Å². The van der Waals surface area contributed by atoms with Crippen LogP contribution in [0, 0.1) is 6.92 Å². The lowest BCUT2D eigenvalue weighted by molar-refractivity contribution is 0.441. The van der Waals surface area contributed by atoms with Crippen LogP contribution in [0.3, 0.4) is 0 Å². The van der Waals surface area contributed by atoms with Gasteiger partial charge in [-0.3, -0.25) is 4.39 Å². The van der Waals surface area contributed by atoms with Crippen molar-refractivity contribution < 1.29 is 4.39 Å². The van der Waals surface area contributed by atoms with Crippen LogP contribution in [-0.2, 0) is 0 Å². The van der Waals surface area contributed by atoms with Gasteiger partial charge in [-0.25, -0.2) is 0 Å². The highest BCUT2D eigenvalue weighted by Gasteiger charge is 2.08. The summed E-state index contributed by atoms with van der Waals surface area (Å²) in [5, 5.41) is 0. The molecule has 0 aromatic heterocycles. The van der Waals surface area contributed by atoms with Crippen LogP contribution in [0.1, 0.15) is 23.6 Å². The van der Waals surface area contributed by atoms with E-state index in [0.717, 1.165) is 15.6 Å². The summed E-state index contributed by atoms with van der Waals surface area (Å²) in [6, 6.07) is 5.70. The van der Waals surface area contributed by atoms with Crippen molar-refractivity contribution in [3.63, 3.8) is 0 Å². The molecule has 0 unspecified atom stereocenters. The Kier molecular flexibility index (Phi) is 3.88. The molecule has 13 heavy (non-hydrogen) atoms. The van der Waals surface area contributed by atoms with Crippen molar-refractivity contribution in [2.24, 2.45) is 5.73 Å². The molecule has 0 aliphatic heterocycles. The number of aryl methyl sites for hydroxylation is 1. The molecule has 1 aromatic rings. The van der Waals surface area contributed by atoms with E-state index < -0.39 is 0 Å². The SMILES string of the molecule is Cc1ccc(Br)cc1[C@H](N)CCF. The Morgan fingerprint density at radius 2 is 2.23 bits per heavy atom. The molecule has 0 bridgehead atoms. The second-order valence-electron chi connectivity index (χ2n) is 3.09. The highest BCUT2D eigenvalue weighted by molar-refractivity contribution is 9.10. The minimum atomic E-state index is -0.368. The molecule has 0 amide bonds. The number of alkyl halides is 1. The summed E-state index contributed by atoms with van der Waals surface area (Å²) in [6.07, 6.45) is 0.386. The van der Waals surface area contributed by atoms with Gasteiger partial charge in [-0.15, -0.1) is 0 Å². The van der Waals surface area contributed by atoms with E-state index in [2.05, 4.69) is 15.9 Å². The minimum absolute atomic E-state index is 0.192. The summed E-state index contributed by atoms with van der Waals surface area (Å²) in [5.74, 6) is 0. The van der Waals surface area contributed by atoms with Crippen molar-refractivity contribution in [3.8, 4) is 0 Å². The Bertz CT molecular complexity index is 288. The molecule has 0 saturated carbocycles. The summed E-state index contributed by atoms with van der Waals surface area (Å²) in [6.45, 7) is 1.62. The van der Waals surface area contributed by atoms with Crippen molar-refractivity contribution in [2.45, 2.75) is 19.4 Å². The fourth-order valence-electron chi connectivity index (χ4n) is 1.28. The zero-order chi connectivity index (χ0) is 9.84. The lowest BCUT2D eigenvalue weighted by Gasteiger charge is -2.13. The predicted octanol–water partition coefficient (Wildman–Crippen LogP) is 3.12. The van der Waals surface area contributed by atoms with Crippen LogP contribution in [-0.4, -0.2) is 6.67 Å². The summed E-state index contributed by atoms with van der Waals surface area (Å²) in [7, 11) is 0. The van der Waals surface area contributed by atoms with Crippen molar-refractivity contribution in [2.75, 3.05) is 6.67 Å². The molecule has 1 aromatic carbocycles. The van der Waals surface area contributed by atoms with Crippen LogP contribution in [0.15, 0.2) is 22.7 Å². The molecular weight excluding hydrogens is 233 g/mol. The summed E-state index contributed by atoms with van der Waals surface area (Å²) < 4.78 is 13.1. The smallest absolute Gasteiger partial charge is 0.0912 e. The normalized spacial score (nSPS) is 12.9. The number of hydrogen-bond acceptors (Lipinski definition) is 1. The Hall–Kier alpha value is -0.410. The monoisotopic (exact) mass is 245 g/mol. The van der Waals surface area contributed by atoms with E-state index in [4.69, 9.17) is 5.73 Å². The van der Waals surface area contributed by atoms with E-state index in [1.807, 2.05) is 25.1 Å². The molecule has 0 fully saturated rings. The minimum Gasteiger partial charge on any atom is -0.324 e. The Morgan fingerprint density at radius 1 is 1.54 bits per heavy atom. The van der Waals surface area contributed by atoms with Crippen molar-refractivity contribution in [1.29, 1.82) is 0 Å². The number of hydrogen-bond donors (Lipinski definition) is 1. The summed E-state index contributed by atoms with van der Waals surface area (Å²) in [5.41, 5.74) is 7.95. The molecule has 2 N–H and O–H groups in total. The molecule has 0 aliphatic rings. The maximum absolute atomic E-state index is 12.1. The van der Waals surface area contributed by atoms with E-state index >= 15 is 0 Å². The Morgan fingerprint density at radius 3 is 2.85 bits per heavy atom. The van der Waals surface area contributed by atoms with E-state index in [1.54, 1.807) is 0 Å². The molecule has 0 spiro atoms. The second kappa shape index (κ2) is 4.72. The van der Waals surface area contributed by atoms with E-state index in [-0.39, 0.29) is 12.7 Å². The topological polar surface area (TPSA) is 26.0 Å². The van der Waals surface area contributed by atoms with Gasteiger partial charge in [0, 0.05) is 10.5 Å². The van der Waals surface area contributed by atoms with Gasteiger partial charge in [0.05, 0.1) is 6.67 Å². The molecule has 0 radical (unpaired) electrons.